The molecule has 2 aliphatic heterocycles. The minimum absolute atomic E-state index is 0.0840. The summed E-state index contributed by atoms with van der Waals surface area (Å²) in [6.45, 7) is 5.49. The summed E-state index contributed by atoms with van der Waals surface area (Å²) in [4.78, 5) is 16.9. The third-order valence-corrected chi connectivity index (χ3v) is 5.68. The Balaban J connectivity index is 1.30. The summed E-state index contributed by atoms with van der Waals surface area (Å²) in [5.41, 5.74) is 1.45. The molecule has 0 spiro atoms. The maximum atomic E-state index is 12.7. The smallest absolute Gasteiger partial charge is 0.257 e. The number of hydrogen-bond acceptors (Lipinski definition) is 6. The van der Waals surface area contributed by atoms with Crippen molar-refractivity contribution in [3.05, 3.63) is 35.9 Å². The molecule has 2 aliphatic rings. The monoisotopic (exact) mass is 366 g/mol. The first-order valence-corrected chi connectivity index (χ1v) is 9.36. The van der Waals surface area contributed by atoms with Crippen molar-refractivity contribution in [3.63, 3.8) is 0 Å². The van der Waals surface area contributed by atoms with Gasteiger partial charge >= 0.3 is 0 Å². The average molecular weight is 366 g/mol. The molecule has 0 N–H and O–H groups in total. The van der Waals surface area contributed by atoms with Gasteiger partial charge in [0.1, 0.15) is 5.82 Å². The van der Waals surface area contributed by atoms with Crippen LogP contribution in [0.25, 0.3) is 5.65 Å². The van der Waals surface area contributed by atoms with Gasteiger partial charge in [0, 0.05) is 57.7 Å². The van der Waals surface area contributed by atoms with Crippen LogP contribution < -0.4 is 4.90 Å². The molecule has 2 atom stereocenters. The normalized spacial score (nSPS) is 22.0. The van der Waals surface area contributed by atoms with Gasteiger partial charge in [-0.2, -0.15) is 9.61 Å². The van der Waals surface area contributed by atoms with Crippen molar-refractivity contribution in [1.82, 2.24) is 34.5 Å². The fourth-order valence-corrected chi connectivity index (χ4v) is 4.27. The number of hydrogen-bond donors (Lipinski definition) is 0. The van der Waals surface area contributed by atoms with E-state index in [1.807, 2.05) is 28.6 Å². The third-order valence-electron chi connectivity index (χ3n) is 5.68. The third kappa shape index (κ3) is 2.65. The second-order valence-electron chi connectivity index (χ2n) is 7.47. The lowest BCUT2D eigenvalue weighted by Crippen LogP contribution is -2.33. The summed E-state index contributed by atoms with van der Waals surface area (Å²) in [5.74, 6) is 2.88. The molecule has 140 valence electrons. The number of carbonyl (C=O) groups is 1. The Morgan fingerprint density at radius 3 is 2.59 bits per heavy atom. The van der Waals surface area contributed by atoms with Crippen LogP contribution in [-0.4, -0.2) is 66.6 Å². The molecule has 3 aromatic rings. The van der Waals surface area contributed by atoms with E-state index in [0.717, 1.165) is 49.9 Å². The Morgan fingerprint density at radius 2 is 1.93 bits per heavy atom. The van der Waals surface area contributed by atoms with E-state index in [9.17, 15) is 4.79 Å². The number of likely N-dealkylation sites (tertiary alicyclic amines) is 1. The standard InChI is InChI=1S/C18H22N8O/c1-3-15-20-21-16-4-5-17(22-26(15)16)24-8-13-10-25(11-14(13)9-24)18(27)12-6-19-23(2)7-12/h4-7,13-14H,3,8-11H2,1-2H3. The number of amides is 1. The fourth-order valence-electron chi connectivity index (χ4n) is 4.27. The minimum atomic E-state index is 0.0840. The Labute approximate surface area is 156 Å². The number of anilines is 1. The first-order valence-electron chi connectivity index (χ1n) is 9.36. The maximum absolute atomic E-state index is 12.7. The van der Waals surface area contributed by atoms with Crippen molar-refractivity contribution in [3.8, 4) is 0 Å². The van der Waals surface area contributed by atoms with Gasteiger partial charge in [0.25, 0.3) is 5.91 Å². The highest BCUT2D eigenvalue weighted by atomic mass is 16.2. The van der Waals surface area contributed by atoms with Crippen LogP contribution >= 0.6 is 0 Å². The van der Waals surface area contributed by atoms with Gasteiger partial charge in [0.2, 0.25) is 0 Å². The largest absolute Gasteiger partial charge is 0.354 e. The van der Waals surface area contributed by atoms with Gasteiger partial charge in [-0.1, -0.05) is 6.92 Å². The molecule has 0 aliphatic carbocycles. The number of carbonyl (C=O) groups excluding carboxylic acids is 1. The van der Waals surface area contributed by atoms with E-state index in [2.05, 4.69) is 27.1 Å². The summed E-state index contributed by atoms with van der Waals surface area (Å²) in [6, 6.07) is 3.99. The van der Waals surface area contributed by atoms with Crippen LogP contribution in [0.5, 0.6) is 0 Å². The number of aryl methyl sites for hydroxylation is 2. The van der Waals surface area contributed by atoms with Gasteiger partial charge in [-0.3, -0.25) is 9.48 Å². The lowest BCUT2D eigenvalue weighted by atomic mass is 10.0. The average Bonchev–Trinajstić information content (AvgIpc) is 3.42. The number of rotatable bonds is 3. The first-order chi connectivity index (χ1) is 13.1. The quantitative estimate of drug-likeness (QED) is 0.676. The Hall–Kier alpha value is -2.97. The highest BCUT2D eigenvalue weighted by Gasteiger charge is 2.42. The molecule has 5 heterocycles. The van der Waals surface area contributed by atoms with Crippen LogP contribution in [-0.2, 0) is 13.5 Å². The van der Waals surface area contributed by atoms with E-state index in [-0.39, 0.29) is 5.91 Å². The van der Waals surface area contributed by atoms with Crippen LogP contribution in [0.3, 0.4) is 0 Å². The highest BCUT2D eigenvalue weighted by molar-refractivity contribution is 5.94. The molecule has 3 aromatic heterocycles. The molecule has 2 fully saturated rings. The van der Waals surface area contributed by atoms with E-state index in [0.29, 0.717) is 17.4 Å². The molecule has 2 unspecified atom stereocenters. The minimum Gasteiger partial charge on any atom is -0.354 e. The number of fused-ring (bicyclic) bond motifs is 2. The van der Waals surface area contributed by atoms with Crippen LogP contribution in [0.4, 0.5) is 5.82 Å². The van der Waals surface area contributed by atoms with Crippen molar-refractivity contribution in [2.45, 2.75) is 13.3 Å². The Bertz CT molecular complexity index is 994. The summed E-state index contributed by atoms with van der Waals surface area (Å²) in [6.07, 6.45) is 4.23. The van der Waals surface area contributed by atoms with Gasteiger partial charge in [0.15, 0.2) is 11.5 Å². The van der Waals surface area contributed by atoms with E-state index in [4.69, 9.17) is 5.10 Å². The van der Waals surface area contributed by atoms with Gasteiger partial charge in [-0.25, -0.2) is 0 Å². The van der Waals surface area contributed by atoms with Gasteiger partial charge in [-0.05, 0) is 12.1 Å². The van der Waals surface area contributed by atoms with Crippen molar-refractivity contribution in [2.24, 2.45) is 18.9 Å². The maximum Gasteiger partial charge on any atom is 0.257 e. The Kier molecular flexibility index (Phi) is 3.63. The number of nitrogens with zero attached hydrogens (tertiary/aromatic N) is 8. The van der Waals surface area contributed by atoms with Gasteiger partial charge in [-0.15, -0.1) is 15.3 Å². The van der Waals surface area contributed by atoms with Gasteiger partial charge < -0.3 is 9.80 Å². The molecule has 0 radical (unpaired) electrons. The van der Waals surface area contributed by atoms with Crippen molar-refractivity contribution >= 4 is 17.4 Å². The van der Waals surface area contributed by atoms with E-state index < -0.39 is 0 Å². The highest BCUT2D eigenvalue weighted by Crippen LogP contribution is 2.34. The van der Waals surface area contributed by atoms with E-state index in [1.54, 1.807) is 17.1 Å². The molecule has 0 aromatic carbocycles. The molecule has 1 amide bonds. The fraction of sp³-hybridized carbons (Fsp3) is 0.500. The van der Waals surface area contributed by atoms with Gasteiger partial charge in [0.05, 0.1) is 11.8 Å². The summed E-state index contributed by atoms with van der Waals surface area (Å²) >= 11 is 0. The first kappa shape index (κ1) is 16.2. The summed E-state index contributed by atoms with van der Waals surface area (Å²) in [7, 11) is 1.83. The topological polar surface area (TPSA) is 84.5 Å². The molecule has 2 saturated heterocycles. The lowest BCUT2D eigenvalue weighted by molar-refractivity contribution is 0.0782. The van der Waals surface area contributed by atoms with E-state index in [1.165, 1.54) is 0 Å². The molecular formula is C18H22N8O. The zero-order valence-corrected chi connectivity index (χ0v) is 15.5. The van der Waals surface area contributed by atoms with Crippen LogP contribution in [0.1, 0.15) is 23.1 Å². The molecule has 27 heavy (non-hydrogen) atoms. The van der Waals surface area contributed by atoms with Crippen molar-refractivity contribution in [1.29, 1.82) is 0 Å². The lowest BCUT2D eigenvalue weighted by Gasteiger charge is -2.22. The van der Waals surface area contributed by atoms with Crippen molar-refractivity contribution < 1.29 is 4.79 Å². The number of aromatic nitrogens is 6. The summed E-state index contributed by atoms with van der Waals surface area (Å²) < 4.78 is 3.50. The second-order valence-corrected chi connectivity index (χ2v) is 7.47. The second kappa shape index (κ2) is 6.04. The molecular weight excluding hydrogens is 344 g/mol. The zero-order chi connectivity index (χ0) is 18.5. The SMILES string of the molecule is CCc1nnc2ccc(N3CC4CN(C(=O)c5cnn(C)c5)CC4C3)nn12. The predicted molar refractivity (Wildman–Crippen MR) is 98.5 cm³/mol. The molecule has 9 nitrogen and oxygen atoms in total. The molecule has 0 bridgehead atoms. The molecule has 0 saturated carbocycles. The van der Waals surface area contributed by atoms with Crippen LogP contribution in [0.15, 0.2) is 24.5 Å². The van der Waals surface area contributed by atoms with Crippen molar-refractivity contribution in [2.75, 3.05) is 31.1 Å². The zero-order valence-electron chi connectivity index (χ0n) is 15.5. The predicted octanol–water partition coefficient (Wildman–Crippen LogP) is 0.629. The molecule has 5 rings (SSSR count). The van der Waals surface area contributed by atoms with E-state index >= 15 is 0 Å². The van der Waals surface area contributed by atoms with Crippen LogP contribution in [0.2, 0.25) is 0 Å². The summed E-state index contributed by atoms with van der Waals surface area (Å²) in [5, 5.41) is 17.2. The Morgan fingerprint density at radius 1 is 1.15 bits per heavy atom. The molecule has 9 heteroatoms. The van der Waals surface area contributed by atoms with Crippen LogP contribution in [0, 0.1) is 11.8 Å².